The second-order valence-corrected chi connectivity index (χ2v) is 4.51. The Labute approximate surface area is 103 Å². The first kappa shape index (κ1) is 11.0. The van der Waals surface area contributed by atoms with E-state index in [-0.39, 0.29) is 0 Å². The molecule has 1 aromatic carbocycles. The number of fused-ring (bicyclic) bond motifs is 1. The summed E-state index contributed by atoms with van der Waals surface area (Å²) in [7, 11) is 0. The summed E-state index contributed by atoms with van der Waals surface area (Å²) in [5, 5.41) is 1.55. The predicted molar refractivity (Wildman–Crippen MR) is 63.6 cm³/mol. The van der Waals surface area contributed by atoms with Gasteiger partial charge in [0.05, 0.1) is 15.1 Å². The van der Waals surface area contributed by atoms with Crippen LogP contribution < -0.4 is 0 Å². The van der Waals surface area contributed by atoms with Crippen LogP contribution in [0.15, 0.2) is 17.7 Å². The van der Waals surface area contributed by atoms with E-state index in [1.807, 2.05) is 0 Å². The van der Waals surface area contributed by atoms with Crippen molar-refractivity contribution in [3.8, 4) is 0 Å². The van der Waals surface area contributed by atoms with Crippen LogP contribution in [0.2, 0.25) is 10.0 Å². The first-order valence-corrected chi connectivity index (χ1v) is 5.59. The van der Waals surface area contributed by atoms with Gasteiger partial charge in [0.25, 0.3) is 0 Å². The Balaban J connectivity index is 2.66. The van der Waals surface area contributed by atoms with Gasteiger partial charge in [-0.3, -0.25) is 4.79 Å². The molecule has 1 nitrogen and oxygen atoms in total. The third-order valence-electron chi connectivity index (χ3n) is 2.50. The SMILES string of the molecule is O=CC1=C(Cl)c2ccc(Cl)c(Cl)c2CC1. The van der Waals surface area contributed by atoms with Gasteiger partial charge in [-0.1, -0.05) is 40.9 Å². The molecule has 0 aliphatic heterocycles. The maximum atomic E-state index is 10.7. The molecule has 0 atom stereocenters. The van der Waals surface area contributed by atoms with Crippen molar-refractivity contribution in [3.05, 3.63) is 38.9 Å². The van der Waals surface area contributed by atoms with Crippen LogP contribution in [0, 0.1) is 0 Å². The first-order valence-electron chi connectivity index (χ1n) is 4.46. The summed E-state index contributed by atoms with van der Waals surface area (Å²) < 4.78 is 0. The van der Waals surface area contributed by atoms with Gasteiger partial charge in [0, 0.05) is 5.57 Å². The van der Waals surface area contributed by atoms with Crippen molar-refractivity contribution in [2.45, 2.75) is 12.8 Å². The third-order valence-corrected chi connectivity index (χ3v) is 3.79. The van der Waals surface area contributed by atoms with Crippen LogP contribution in [-0.2, 0) is 11.2 Å². The number of hydrogen-bond acceptors (Lipinski definition) is 1. The molecule has 0 saturated heterocycles. The molecule has 4 heteroatoms. The molecular weight excluding hydrogens is 254 g/mol. The maximum Gasteiger partial charge on any atom is 0.147 e. The van der Waals surface area contributed by atoms with Gasteiger partial charge in [-0.2, -0.15) is 0 Å². The molecule has 0 saturated carbocycles. The summed E-state index contributed by atoms with van der Waals surface area (Å²) in [4.78, 5) is 10.7. The van der Waals surface area contributed by atoms with Gasteiger partial charge in [0.15, 0.2) is 0 Å². The summed E-state index contributed by atoms with van der Waals surface area (Å²) in [6.07, 6.45) is 2.13. The molecule has 0 spiro atoms. The molecule has 0 N–H and O–H groups in total. The van der Waals surface area contributed by atoms with Gasteiger partial charge in [-0.25, -0.2) is 0 Å². The average Bonchev–Trinajstić information content (AvgIpc) is 2.24. The van der Waals surface area contributed by atoms with Crippen LogP contribution in [0.25, 0.3) is 5.03 Å². The van der Waals surface area contributed by atoms with E-state index in [2.05, 4.69) is 0 Å². The van der Waals surface area contributed by atoms with Crippen LogP contribution in [0.1, 0.15) is 17.5 Å². The average molecular weight is 262 g/mol. The highest BCUT2D eigenvalue weighted by Crippen LogP contribution is 2.39. The van der Waals surface area contributed by atoms with Gasteiger partial charge < -0.3 is 0 Å². The molecular formula is C11H7Cl3O. The molecule has 0 amide bonds. The minimum atomic E-state index is 0.491. The van der Waals surface area contributed by atoms with E-state index in [4.69, 9.17) is 34.8 Å². The fourth-order valence-corrected chi connectivity index (χ4v) is 2.45. The number of aldehydes is 1. The number of carbonyl (C=O) groups is 1. The summed E-state index contributed by atoms with van der Waals surface area (Å²) in [6.45, 7) is 0. The maximum absolute atomic E-state index is 10.7. The number of carbonyl (C=O) groups excluding carboxylic acids is 1. The third kappa shape index (κ3) is 1.80. The Bertz CT molecular complexity index is 463. The van der Waals surface area contributed by atoms with Gasteiger partial charge in [-0.05, 0) is 30.0 Å². The fourth-order valence-electron chi connectivity index (χ4n) is 1.70. The van der Waals surface area contributed by atoms with Crippen molar-refractivity contribution >= 4 is 46.1 Å². The zero-order valence-corrected chi connectivity index (χ0v) is 9.96. The Hall–Kier alpha value is -0.500. The number of halogens is 3. The van der Waals surface area contributed by atoms with Crippen molar-refractivity contribution < 1.29 is 4.79 Å². The minimum absolute atomic E-state index is 0.491. The van der Waals surface area contributed by atoms with E-state index in [0.717, 1.165) is 17.4 Å². The molecule has 15 heavy (non-hydrogen) atoms. The molecule has 0 fully saturated rings. The van der Waals surface area contributed by atoms with Gasteiger partial charge in [0.1, 0.15) is 6.29 Å². The molecule has 0 radical (unpaired) electrons. The Morgan fingerprint density at radius 3 is 2.53 bits per heavy atom. The van der Waals surface area contributed by atoms with Crippen LogP contribution in [0.5, 0.6) is 0 Å². The summed E-state index contributed by atoms with van der Waals surface area (Å²) in [5.41, 5.74) is 2.38. The van der Waals surface area contributed by atoms with E-state index in [9.17, 15) is 4.79 Å². The molecule has 0 aromatic heterocycles. The van der Waals surface area contributed by atoms with E-state index in [1.54, 1.807) is 12.1 Å². The van der Waals surface area contributed by atoms with Crippen LogP contribution in [-0.4, -0.2) is 6.29 Å². The molecule has 1 aromatic rings. The highest BCUT2D eigenvalue weighted by Gasteiger charge is 2.20. The second kappa shape index (κ2) is 4.17. The lowest BCUT2D eigenvalue weighted by Crippen LogP contribution is -2.04. The van der Waals surface area contributed by atoms with E-state index in [0.29, 0.717) is 33.5 Å². The van der Waals surface area contributed by atoms with Gasteiger partial charge in [0.2, 0.25) is 0 Å². The van der Waals surface area contributed by atoms with Crippen LogP contribution >= 0.6 is 34.8 Å². The monoisotopic (exact) mass is 260 g/mol. The normalized spacial score (nSPS) is 15.1. The molecule has 1 aliphatic rings. The molecule has 0 bridgehead atoms. The molecule has 1 aliphatic carbocycles. The van der Waals surface area contributed by atoms with Crippen molar-refractivity contribution in [2.24, 2.45) is 0 Å². The highest BCUT2D eigenvalue weighted by molar-refractivity contribution is 6.51. The topological polar surface area (TPSA) is 17.1 Å². The van der Waals surface area contributed by atoms with Crippen molar-refractivity contribution in [2.75, 3.05) is 0 Å². The van der Waals surface area contributed by atoms with E-state index < -0.39 is 0 Å². The number of rotatable bonds is 1. The number of benzene rings is 1. The zero-order valence-electron chi connectivity index (χ0n) is 7.69. The zero-order chi connectivity index (χ0) is 11.0. The molecule has 0 unspecified atom stereocenters. The van der Waals surface area contributed by atoms with Crippen LogP contribution in [0.4, 0.5) is 0 Å². The Morgan fingerprint density at radius 2 is 1.87 bits per heavy atom. The van der Waals surface area contributed by atoms with Crippen molar-refractivity contribution in [1.82, 2.24) is 0 Å². The lowest BCUT2D eigenvalue weighted by Gasteiger charge is -2.18. The highest BCUT2D eigenvalue weighted by atomic mass is 35.5. The molecule has 78 valence electrons. The Kier molecular flexibility index (Phi) is 3.06. The minimum Gasteiger partial charge on any atom is -0.298 e. The number of hydrogen-bond donors (Lipinski definition) is 0. The molecule has 2 rings (SSSR count). The number of allylic oxidation sites excluding steroid dienone is 1. The smallest absolute Gasteiger partial charge is 0.147 e. The summed E-state index contributed by atoms with van der Waals surface area (Å²) in [5.74, 6) is 0. The van der Waals surface area contributed by atoms with E-state index in [1.165, 1.54) is 0 Å². The summed E-state index contributed by atoms with van der Waals surface area (Å²) >= 11 is 18.1. The summed E-state index contributed by atoms with van der Waals surface area (Å²) in [6, 6.07) is 3.49. The lowest BCUT2D eigenvalue weighted by molar-refractivity contribution is -0.105. The predicted octanol–water partition coefficient (Wildman–Crippen LogP) is 4.09. The van der Waals surface area contributed by atoms with E-state index >= 15 is 0 Å². The van der Waals surface area contributed by atoms with Gasteiger partial charge in [-0.15, -0.1) is 0 Å². The standard InChI is InChI=1S/C11H7Cl3O/c12-9-4-3-7-8(11(9)14)2-1-6(5-15)10(7)13/h3-5H,1-2H2. The second-order valence-electron chi connectivity index (χ2n) is 3.34. The van der Waals surface area contributed by atoms with Crippen LogP contribution in [0.3, 0.4) is 0 Å². The largest absolute Gasteiger partial charge is 0.298 e. The van der Waals surface area contributed by atoms with Gasteiger partial charge >= 0.3 is 0 Å². The molecule has 0 heterocycles. The van der Waals surface area contributed by atoms with Crippen molar-refractivity contribution in [3.63, 3.8) is 0 Å². The first-order chi connectivity index (χ1) is 7.15. The fraction of sp³-hybridized carbons (Fsp3) is 0.182. The van der Waals surface area contributed by atoms with Crippen molar-refractivity contribution in [1.29, 1.82) is 0 Å². The lowest BCUT2D eigenvalue weighted by atomic mass is 9.92. The quantitative estimate of drug-likeness (QED) is 0.696. The Morgan fingerprint density at radius 1 is 1.13 bits per heavy atom.